The molecule has 22 heavy (non-hydrogen) atoms. The highest BCUT2D eigenvalue weighted by molar-refractivity contribution is 5.99. The molecule has 1 aromatic carbocycles. The summed E-state index contributed by atoms with van der Waals surface area (Å²) in [6, 6.07) is 7.27. The number of rotatable bonds is 4. The molecule has 0 bridgehead atoms. The fourth-order valence-corrected chi connectivity index (χ4v) is 2.16. The summed E-state index contributed by atoms with van der Waals surface area (Å²) in [6.07, 6.45) is 3.33. The smallest absolute Gasteiger partial charge is 0.253 e. The van der Waals surface area contributed by atoms with Crippen molar-refractivity contribution in [3.63, 3.8) is 0 Å². The van der Waals surface area contributed by atoms with Gasteiger partial charge in [-0.2, -0.15) is 0 Å². The van der Waals surface area contributed by atoms with Crippen molar-refractivity contribution >= 4 is 22.5 Å². The largest absolute Gasteiger partial charge is 0.397 e. The molecule has 0 atom stereocenters. The molecule has 0 fully saturated rings. The number of carbonyl (C=O) groups is 1. The number of amides is 1. The number of benzene rings is 1. The molecule has 112 valence electrons. The molecule has 0 aliphatic rings. The average molecular weight is 296 g/mol. The molecular weight excluding hydrogens is 280 g/mol. The molecule has 3 aromatic rings. The minimum atomic E-state index is -0.206. The lowest BCUT2D eigenvalue weighted by atomic mass is 10.1. The van der Waals surface area contributed by atoms with Gasteiger partial charge in [-0.25, -0.2) is 0 Å². The van der Waals surface area contributed by atoms with Crippen LogP contribution >= 0.6 is 0 Å². The quantitative estimate of drug-likeness (QED) is 0.708. The average Bonchev–Trinajstić information content (AvgIpc) is 3.00. The van der Waals surface area contributed by atoms with Gasteiger partial charge < -0.3 is 11.1 Å². The summed E-state index contributed by atoms with van der Waals surface area (Å²) < 4.78 is 1.71. The molecule has 1 amide bonds. The van der Waals surface area contributed by atoms with Crippen LogP contribution in [0.15, 0.2) is 36.7 Å². The molecular formula is C15H16N6O. The molecule has 2 aromatic heterocycles. The van der Waals surface area contributed by atoms with Crippen LogP contribution in [0.5, 0.6) is 0 Å². The van der Waals surface area contributed by atoms with Crippen molar-refractivity contribution in [2.75, 3.05) is 5.73 Å². The van der Waals surface area contributed by atoms with Gasteiger partial charge in [0.05, 0.1) is 29.5 Å². The molecule has 0 aliphatic carbocycles. The van der Waals surface area contributed by atoms with Crippen LogP contribution in [0.3, 0.4) is 0 Å². The monoisotopic (exact) mass is 296 g/mol. The van der Waals surface area contributed by atoms with Gasteiger partial charge in [0.2, 0.25) is 0 Å². The van der Waals surface area contributed by atoms with E-state index in [4.69, 9.17) is 5.73 Å². The van der Waals surface area contributed by atoms with E-state index in [0.717, 1.165) is 11.9 Å². The van der Waals surface area contributed by atoms with E-state index in [2.05, 4.69) is 20.6 Å². The van der Waals surface area contributed by atoms with Crippen molar-refractivity contribution in [3.8, 4) is 0 Å². The number of carbonyl (C=O) groups excluding carboxylic acids is 1. The van der Waals surface area contributed by atoms with E-state index in [-0.39, 0.29) is 5.91 Å². The zero-order chi connectivity index (χ0) is 15.5. The maximum Gasteiger partial charge on any atom is 0.253 e. The first-order valence-electron chi connectivity index (χ1n) is 6.99. The molecule has 0 aliphatic heterocycles. The summed E-state index contributed by atoms with van der Waals surface area (Å²) in [5.74, 6) is -0.206. The molecule has 0 unspecified atom stereocenters. The minimum Gasteiger partial charge on any atom is -0.397 e. The lowest BCUT2D eigenvalue weighted by molar-refractivity contribution is 0.0950. The van der Waals surface area contributed by atoms with Gasteiger partial charge in [0, 0.05) is 18.1 Å². The third kappa shape index (κ3) is 2.73. The van der Waals surface area contributed by atoms with Crippen LogP contribution in [0.2, 0.25) is 0 Å². The van der Waals surface area contributed by atoms with Crippen molar-refractivity contribution in [2.45, 2.75) is 20.0 Å². The number of nitrogens with two attached hydrogens (primary N) is 1. The lowest BCUT2D eigenvalue weighted by Gasteiger charge is -2.05. The fourth-order valence-electron chi connectivity index (χ4n) is 2.16. The number of fused-ring (bicyclic) bond motifs is 1. The number of nitrogen functional groups attached to an aromatic ring is 1. The summed E-state index contributed by atoms with van der Waals surface area (Å²) in [5, 5.41) is 11.5. The Balaban J connectivity index is 1.74. The van der Waals surface area contributed by atoms with Crippen LogP contribution in [0, 0.1) is 0 Å². The van der Waals surface area contributed by atoms with E-state index in [9.17, 15) is 4.79 Å². The van der Waals surface area contributed by atoms with Crippen molar-refractivity contribution in [1.29, 1.82) is 0 Å². The zero-order valence-corrected chi connectivity index (χ0v) is 12.2. The number of pyridine rings is 1. The topological polar surface area (TPSA) is 98.7 Å². The fraction of sp³-hybridized carbons (Fsp3) is 0.200. The van der Waals surface area contributed by atoms with E-state index in [1.165, 1.54) is 6.20 Å². The van der Waals surface area contributed by atoms with Crippen molar-refractivity contribution in [2.24, 2.45) is 0 Å². The number of nitrogens with one attached hydrogen (secondary N) is 1. The Bertz CT molecular complexity index is 826. The van der Waals surface area contributed by atoms with Gasteiger partial charge in [0.15, 0.2) is 0 Å². The van der Waals surface area contributed by atoms with Gasteiger partial charge in [-0.15, -0.1) is 5.10 Å². The number of aryl methyl sites for hydroxylation is 1. The second-order valence-electron chi connectivity index (χ2n) is 4.89. The van der Waals surface area contributed by atoms with Crippen LogP contribution in [0.25, 0.3) is 10.9 Å². The van der Waals surface area contributed by atoms with Crippen molar-refractivity contribution < 1.29 is 4.79 Å². The molecule has 0 saturated carbocycles. The van der Waals surface area contributed by atoms with Gasteiger partial charge in [-0.1, -0.05) is 17.3 Å². The maximum absolute atomic E-state index is 12.2. The molecule has 3 N–H and O–H groups in total. The Hall–Kier alpha value is -2.96. The minimum absolute atomic E-state index is 0.206. The first kappa shape index (κ1) is 14.0. The van der Waals surface area contributed by atoms with Gasteiger partial charge in [-0.05, 0) is 19.1 Å². The molecule has 3 rings (SSSR count). The molecule has 0 spiro atoms. The van der Waals surface area contributed by atoms with E-state index in [0.29, 0.717) is 29.0 Å². The maximum atomic E-state index is 12.2. The van der Waals surface area contributed by atoms with Crippen molar-refractivity contribution in [1.82, 2.24) is 25.3 Å². The summed E-state index contributed by atoms with van der Waals surface area (Å²) in [5.41, 5.74) is 8.35. The Kier molecular flexibility index (Phi) is 3.69. The first-order valence-corrected chi connectivity index (χ1v) is 6.99. The van der Waals surface area contributed by atoms with Crippen LogP contribution in [0.1, 0.15) is 23.0 Å². The Morgan fingerprint density at radius 3 is 3.05 bits per heavy atom. The standard InChI is InChI=1S/C15H16N6O/c1-2-21-9-12(19-20-21)8-18-15(22)11-6-10-4-3-5-13(16)14(10)17-7-11/h3-7,9H,2,8,16H2,1H3,(H,18,22). The van der Waals surface area contributed by atoms with Gasteiger partial charge in [-0.3, -0.25) is 14.5 Å². The summed E-state index contributed by atoms with van der Waals surface area (Å²) >= 11 is 0. The number of hydrogen-bond acceptors (Lipinski definition) is 5. The highest BCUT2D eigenvalue weighted by Gasteiger charge is 2.09. The van der Waals surface area contributed by atoms with Gasteiger partial charge in [0.25, 0.3) is 5.91 Å². The highest BCUT2D eigenvalue weighted by Crippen LogP contribution is 2.19. The Labute approximate surface area is 127 Å². The molecule has 0 radical (unpaired) electrons. The lowest BCUT2D eigenvalue weighted by Crippen LogP contribution is -2.23. The van der Waals surface area contributed by atoms with Crippen LogP contribution < -0.4 is 11.1 Å². The predicted octanol–water partition coefficient (Wildman–Crippen LogP) is 1.36. The van der Waals surface area contributed by atoms with Gasteiger partial charge >= 0.3 is 0 Å². The highest BCUT2D eigenvalue weighted by atomic mass is 16.1. The van der Waals surface area contributed by atoms with Crippen LogP contribution in [-0.4, -0.2) is 25.9 Å². The van der Waals surface area contributed by atoms with Crippen LogP contribution in [0.4, 0.5) is 5.69 Å². The second kappa shape index (κ2) is 5.80. The van der Waals surface area contributed by atoms with E-state index in [1.807, 2.05) is 19.1 Å². The number of para-hydroxylation sites is 1. The molecule has 0 saturated heterocycles. The zero-order valence-electron chi connectivity index (χ0n) is 12.2. The predicted molar refractivity (Wildman–Crippen MR) is 83.0 cm³/mol. The third-order valence-corrected chi connectivity index (χ3v) is 3.34. The first-order chi connectivity index (χ1) is 10.7. The van der Waals surface area contributed by atoms with E-state index in [1.54, 1.807) is 23.0 Å². The van der Waals surface area contributed by atoms with Crippen LogP contribution in [-0.2, 0) is 13.1 Å². The van der Waals surface area contributed by atoms with E-state index < -0.39 is 0 Å². The number of hydrogen-bond donors (Lipinski definition) is 2. The number of nitrogens with zero attached hydrogens (tertiary/aromatic N) is 4. The second-order valence-corrected chi connectivity index (χ2v) is 4.89. The molecule has 7 nitrogen and oxygen atoms in total. The number of aromatic nitrogens is 4. The summed E-state index contributed by atoms with van der Waals surface area (Å²) in [7, 11) is 0. The summed E-state index contributed by atoms with van der Waals surface area (Å²) in [4.78, 5) is 16.4. The third-order valence-electron chi connectivity index (χ3n) is 3.34. The van der Waals surface area contributed by atoms with Crippen molar-refractivity contribution in [3.05, 3.63) is 47.9 Å². The SMILES string of the molecule is CCn1cc(CNC(=O)c2cnc3c(N)cccc3c2)nn1. The Morgan fingerprint density at radius 2 is 2.27 bits per heavy atom. The molecule has 7 heteroatoms. The van der Waals surface area contributed by atoms with Gasteiger partial charge in [0.1, 0.15) is 5.69 Å². The normalized spacial score (nSPS) is 10.8. The molecule has 2 heterocycles. The Morgan fingerprint density at radius 1 is 1.41 bits per heavy atom. The summed E-state index contributed by atoms with van der Waals surface area (Å²) in [6.45, 7) is 3.05. The van der Waals surface area contributed by atoms with E-state index >= 15 is 0 Å². The number of anilines is 1.